The number of amides is 1. The van der Waals surface area contributed by atoms with E-state index in [2.05, 4.69) is 5.32 Å². The topological polar surface area (TPSA) is 64.6 Å². The molecule has 1 amide bonds. The summed E-state index contributed by atoms with van der Waals surface area (Å²) >= 11 is 5.83. The summed E-state index contributed by atoms with van der Waals surface area (Å²) in [6, 6.07) is 9.42. The molecule has 0 aliphatic rings. The summed E-state index contributed by atoms with van der Waals surface area (Å²) in [5, 5.41) is 2.15. The zero-order valence-electron chi connectivity index (χ0n) is 15.4. The number of rotatable bonds is 6. The van der Waals surface area contributed by atoms with Crippen LogP contribution >= 0.6 is 11.6 Å². The Morgan fingerprint density at radius 3 is 2.55 bits per heavy atom. The summed E-state index contributed by atoms with van der Waals surface area (Å²) in [5.41, 5.74) is -0.529. The van der Waals surface area contributed by atoms with Gasteiger partial charge in [0.1, 0.15) is 5.75 Å². The minimum absolute atomic E-state index is 0.0807. The number of alkyl halides is 3. The van der Waals surface area contributed by atoms with Crippen LogP contribution in [-0.4, -0.2) is 25.1 Å². The molecule has 9 heteroatoms. The van der Waals surface area contributed by atoms with Gasteiger partial charge in [0, 0.05) is 6.08 Å². The highest BCUT2D eigenvalue weighted by Gasteiger charge is 2.31. The highest BCUT2D eigenvalue weighted by molar-refractivity contribution is 6.33. The largest absolute Gasteiger partial charge is 0.497 e. The zero-order valence-corrected chi connectivity index (χ0v) is 16.2. The van der Waals surface area contributed by atoms with Gasteiger partial charge in [-0.15, -0.1) is 0 Å². The molecule has 0 aliphatic carbocycles. The number of halogens is 4. The van der Waals surface area contributed by atoms with Crippen LogP contribution in [-0.2, 0) is 20.5 Å². The Bertz CT molecular complexity index is 928. The maximum Gasteiger partial charge on any atom is 0.416 e. The van der Waals surface area contributed by atoms with E-state index in [-0.39, 0.29) is 10.7 Å². The second-order valence-electron chi connectivity index (χ2n) is 5.87. The highest BCUT2D eigenvalue weighted by Crippen LogP contribution is 2.33. The summed E-state index contributed by atoms with van der Waals surface area (Å²) in [7, 11) is 1.51. The number of carbonyl (C=O) groups excluding carboxylic acids is 2. The molecule has 0 aromatic heterocycles. The minimum atomic E-state index is -4.59. The number of esters is 1. The summed E-state index contributed by atoms with van der Waals surface area (Å²) in [6.07, 6.45) is -3.26. The average Bonchev–Trinajstić information content (AvgIpc) is 2.67. The van der Waals surface area contributed by atoms with E-state index in [9.17, 15) is 22.8 Å². The Morgan fingerprint density at radius 1 is 1.17 bits per heavy atom. The van der Waals surface area contributed by atoms with Crippen LogP contribution in [0.1, 0.15) is 18.1 Å². The first-order chi connectivity index (χ1) is 13.6. The first-order valence-corrected chi connectivity index (χ1v) is 8.68. The monoisotopic (exact) mass is 427 g/mol. The predicted octanol–water partition coefficient (Wildman–Crippen LogP) is 4.95. The van der Waals surface area contributed by atoms with Crippen molar-refractivity contribution in [1.29, 1.82) is 0 Å². The van der Waals surface area contributed by atoms with Crippen molar-refractivity contribution in [3.05, 3.63) is 64.7 Å². The second kappa shape index (κ2) is 9.47. The van der Waals surface area contributed by atoms with Crippen molar-refractivity contribution in [3.8, 4) is 5.75 Å². The molecule has 2 aromatic rings. The van der Waals surface area contributed by atoms with Crippen LogP contribution in [0.3, 0.4) is 0 Å². The van der Waals surface area contributed by atoms with Crippen LogP contribution in [0.2, 0.25) is 5.02 Å². The van der Waals surface area contributed by atoms with Crippen molar-refractivity contribution >= 4 is 35.2 Å². The first-order valence-electron chi connectivity index (χ1n) is 8.30. The van der Waals surface area contributed by atoms with Crippen LogP contribution in [0.15, 0.2) is 48.5 Å². The molecular formula is C20H17ClF3NO4. The summed E-state index contributed by atoms with van der Waals surface area (Å²) < 4.78 is 48.4. The molecule has 1 atom stereocenters. The standard InChI is InChI=1S/C20H17ClF3NO4/c1-12(29-18(26)9-6-13-4-3-5-15(10-13)28-2)19(27)25-17-11-14(20(22,23)24)7-8-16(17)21/h3-12H,1-2H3,(H,25,27). The van der Waals surface area contributed by atoms with Crippen LogP contribution in [0.25, 0.3) is 6.08 Å². The lowest BCUT2D eigenvalue weighted by atomic mass is 10.2. The van der Waals surface area contributed by atoms with Gasteiger partial charge in [-0.3, -0.25) is 4.79 Å². The van der Waals surface area contributed by atoms with E-state index >= 15 is 0 Å². The fraction of sp³-hybridized carbons (Fsp3) is 0.200. The molecule has 1 N–H and O–H groups in total. The number of benzene rings is 2. The Labute approximate surface area is 170 Å². The van der Waals surface area contributed by atoms with E-state index in [1.54, 1.807) is 24.3 Å². The van der Waals surface area contributed by atoms with E-state index in [1.165, 1.54) is 20.1 Å². The average molecular weight is 428 g/mol. The number of hydrogen-bond donors (Lipinski definition) is 1. The number of anilines is 1. The van der Waals surface area contributed by atoms with E-state index in [1.807, 2.05) is 0 Å². The van der Waals surface area contributed by atoms with Gasteiger partial charge in [0.25, 0.3) is 5.91 Å². The van der Waals surface area contributed by atoms with Crippen LogP contribution < -0.4 is 10.1 Å². The fourth-order valence-electron chi connectivity index (χ4n) is 2.21. The van der Waals surface area contributed by atoms with Gasteiger partial charge in [0.15, 0.2) is 6.10 Å². The van der Waals surface area contributed by atoms with Gasteiger partial charge in [-0.25, -0.2) is 4.79 Å². The smallest absolute Gasteiger partial charge is 0.416 e. The van der Waals surface area contributed by atoms with Crippen molar-refractivity contribution in [1.82, 2.24) is 0 Å². The van der Waals surface area contributed by atoms with Crippen molar-refractivity contribution < 1.29 is 32.2 Å². The molecule has 2 rings (SSSR count). The molecule has 1 unspecified atom stereocenters. The van der Waals surface area contributed by atoms with E-state index in [0.29, 0.717) is 17.4 Å². The van der Waals surface area contributed by atoms with Crippen molar-refractivity contribution in [2.24, 2.45) is 0 Å². The Hall–Kier alpha value is -3.00. The van der Waals surface area contributed by atoms with Gasteiger partial charge >= 0.3 is 12.1 Å². The van der Waals surface area contributed by atoms with E-state index in [4.69, 9.17) is 21.1 Å². The molecule has 5 nitrogen and oxygen atoms in total. The first kappa shape index (κ1) is 22.3. The molecule has 0 heterocycles. The molecule has 0 radical (unpaired) electrons. The van der Waals surface area contributed by atoms with E-state index in [0.717, 1.165) is 18.2 Å². The zero-order chi connectivity index (χ0) is 21.6. The number of ether oxygens (including phenoxy) is 2. The second-order valence-corrected chi connectivity index (χ2v) is 6.28. The molecule has 2 aromatic carbocycles. The van der Waals surface area contributed by atoms with Crippen molar-refractivity contribution in [2.45, 2.75) is 19.2 Å². The molecule has 0 saturated carbocycles. The lowest BCUT2D eigenvalue weighted by Crippen LogP contribution is -2.29. The van der Waals surface area contributed by atoms with Gasteiger partial charge in [0.05, 0.1) is 23.4 Å². The summed E-state index contributed by atoms with van der Waals surface area (Å²) in [4.78, 5) is 24.0. The quantitative estimate of drug-likeness (QED) is 0.523. The predicted molar refractivity (Wildman–Crippen MR) is 103 cm³/mol. The molecule has 0 saturated heterocycles. The van der Waals surface area contributed by atoms with Gasteiger partial charge < -0.3 is 14.8 Å². The molecule has 0 bridgehead atoms. The Kier molecular flexibility index (Phi) is 7.28. The minimum Gasteiger partial charge on any atom is -0.497 e. The van der Waals surface area contributed by atoms with Gasteiger partial charge in [-0.05, 0) is 48.9 Å². The van der Waals surface area contributed by atoms with Crippen LogP contribution in [0.5, 0.6) is 5.75 Å². The normalized spacial score (nSPS) is 12.5. The SMILES string of the molecule is COc1cccc(C=CC(=O)OC(C)C(=O)Nc2cc(C(F)(F)F)ccc2Cl)c1. The number of carbonyl (C=O) groups is 2. The van der Waals surface area contributed by atoms with Gasteiger partial charge in [-0.2, -0.15) is 13.2 Å². The third-order valence-corrected chi connectivity index (χ3v) is 4.05. The highest BCUT2D eigenvalue weighted by atomic mass is 35.5. The maximum atomic E-state index is 12.8. The summed E-state index contributed by atoms with van der Waals surface area (Å²) in [6.45, 7) is 1.29. The third kappa shape index (κ3) is 6.53. The molecule has 0 spiro atoms. The van der Waals surface area contributed by atoms with E-state index < -0.39 is 29.7 Å². The lowest BCUT2D eigenvalue weighted by Gasteiger charge is -2.15. The number of hydrogen-bond acceptors (Lipinski definition) is 4. The number of nitrogens with one attached hydrogen (secondary N) is 1. The molecular weight excluding hydrogens is 411 g/mol. The van der Waals surface area contributed by atoms with Gasteiger partial charge in [0.2, 0.25) is 0 Å². The molecule has 154 valence electrons. The Morgan fingerprint density at radius 2 is 1.90 bits per heavy atom. The Balaban J connectivity index is 2.00. The number of methoxy groups -OCH3 is 1. The molecule has 29 heavy (non-hydrogen) atoms. The van der Waals surface area contributed by atoms with Crippen LogP contribution in [0.4, 0.5) is 18.9 Å². The third-order valence-electron chi connectivity index (χ3n) is 3.72. The van der Waals surface area contributed by atoms with Crippen molar-refractivity contribution in [2.75, 3.05) is 12.4 Å². The van der Waals surface area contributed by atoms with Crippen molar-refractivity contribution in [3.63, 3.8) is 0 Å². The fourth-order valence-corrected chi connectivity index (χ4v) is 2.37. The summed E-state index contributed by atoms with van der Waals surface area (Å²) in [5.74, 6) is -1.02. The van der Waals surface area contributed by atoms with Crippen LogP contribution in [0, 0.1) is 0 Å². The lowest BCUT2D eigenvalue weighted by molar-refractivity contribution is -0.148. The van der Waals surface area contributed by atoms with Gasteiger partial charge in [-0.1, -0.05) is 23.7 Å². The molecule has 0 fully saturated rings. The maximum absolute atomic E-state index is 12.8. The molecule has 0 aliphatic heterocycles.